The fourth-order valence-electron chi connectivity index (χ4n) is 4.49. The number of fused-ring (bicyclic) bond motifs is 1. The van der Waals surface area contributed by atoms with Gasteiger partial charge >= 0.3 is 0 Å². The largest absolute Gasteiger partial charge is 0.290 e. The molecule has 1 aliphatic rings. The average molecular weight is 449 g/mol. The molecule has 0 N–H and O–H groups in total. The first-order valence-electron chi connectivity index (χ1n) is 10.4. The standard InChI is InChI=1S/C22H26ClFN4OS/c1-13-6-4-9-20(14(13)2)27(12-17-18(23)7-5-8-19(17)24)11-16-10-21(29)28-22(25-16)30-15(3)26-28/h5,7-8,10,13-14,20H,4,6,9,11-12H2,1-3H3/t13-,14+,20-/m1/s1. The predicted molar refractivity (Wildman–Crippen MR) is 118 cm³/mol. The lowest BCUT2D eigenvalue weighted by Gasteiger charge is -2.41. The van der Waals surface area contributed by atoms with Crippen molar-refractivity contribution in [3.63, 3.8) is 0 Å². The van der Waals surface area contributed by atoms with Crippen LogP contribution in [0.4, 0.5) is 4.39 Å². The second-order valence-electron chi connectivity index (χ2n) is 8.34. The molecule has 1 aromatic carbocycles. The number of benzene rings is 1. The van der Waals surface area contributed by atoms with Gasteiger partial charge in [-0.05, 0) is 37.3 Å². The zero-order chi connectivity index (χ0) is 21.4. The molecular weight excluding hydrogens is 423 g/mol. The van der Waals surface area contributed by atoms with Gasteiger partial charge in [-0.15, -0.1) is 0 Å². The Balaban J connectivity index is 1.70. The Hall–Kier alpha value is -1.83. The summed E-state index contributed by atoms with van der Waals surface area (Å²) in [6.45, 7) is 7.26. The van der Waals surface area contributed by atoms with Crippen LogP contribution >= 0.6 is 22.9 Å². The summed E-state index contributed by atoms with van der Waals surface area (Å²) in [6, 6.07) is 6.61. The second-order valence-corrected chi connectivity index (χ2v) is 9.91. The van der Waals surface area contributed by atoms with Crippen LogP contribution in [0.5, 0.6) is 0 Å². The number of hydrogen-bond donors (Lipinski definition) is 0. The van der Waals surface area contributed by atoms with Crippen LogP contribution in [0.1, 0.15) is 49.4 Å². The van der Waals surface area contributed by atoms with Crippen molar-refractivity contribution in [3.8, 4) is 0 Å². The molecule has 1 saturated carbocycles. The molecule has 0 radical (unpaired) electrons. The van der Waals surface area contributed by atoms with E-state index < -0.39 is 0 Å². The van der Waals surface area contributed by atoms with Gasteiger partial charge in [-0.1, -0.05) is 55.7 Å². The molecule has 3 atom stereocenters. The van der Waals surface area contributed by atoms with Gasteiger partial charge in [-0.2, -0.15) is 9.61 Å². The van der Waals surface area contributed by atoms with E-state index in [1.807, 2.05) is 6.92 Å². The van der Waals surface area contributed by atoms with Crippen molar-refractivity contribution in [1.82, 2.24) is 19.5 Å². The van der Waals surface area contributed by atoms with E-state index in [0.29, 0.717) is 46.2 Å². The molecule has 160 valence electrons. The minimum Gasteiger partial charge on any atom is -0.290 e. The minimum absolute atomic E-state index is 0.187. The van der Waals surface area contributed by atoms with E-state index in [1.54, 1.807) is 18.2 Å². The van der Waals surface area contributed by atoms with Gasteiger partial charge in [0.05, 0.1) is 5.69 Å². The van der Waals surface area contributed by atoms with Crippen LogP contribution in [0.15, 0.2) is 29.1 Å². The predicted octanol–water partition coefficient (Wildman–Crippen LogP) is 5.08. The highest BCUT2D eigenvalue weighted by Gasteiger charge is 2.32. The summed E-state index contributed by atoms with van der Waals surface area (Å²) in [7, 11) is 0. The van der Waals surface area contributed by atoms with E-state index in [2.05, 4.69) is 28.8 Å². The molecule has 0 unspecified atom stereocenters. The van der Waals surface area contributed by atoms with Crippen molar-refractivity contribution in [2.75, 3.05) is 0 Å². The first-order valence-corrected chi connectivity index (χ1v) is 11.6. The van der Waals surface area contributed by atoms with E-state index in [0.717, 1.165) is 17.8 Å². The molecular formula is C22H26ClFN4OS. The van der Waals surface area contributed by atoms with Crippen LogP contribution in [0.2, 0.25) is 5.02 Å². The quantitative estimate of drug-likeness (QED) is 0.546. The van der Waals surface area contributed by atoms with Crippen molar-refractivity contribution in [2.45, 2.75) is 59.2 Å². The van der Waals surface area contributed by atoms with Crippen molar-refractivity contribution in [2.24, 2.45) is 11.8 Å². The van der Waals surface area contributed by atoms with E-state index in [-0.39, 0.29) is 17.4 Å². The van der Waals surface area contributed by atoms with Crippen molar-refractivity contribution in [3.05, 3.63) is 61.7 Å². The van der Waals surface area contributed by atoms with Gasteiger partial charge in [0.15, 0.2) is 0 Å². The normalized spacial score (nSPS) is 22.1. The van der Waals surface area contributed by atoms with Gasteiger partial charge in [0.1, 0.15) is 10.8 Å². The van der Waals surface area contributed by atoms with Crippen LogP contribution < -0.4 is 5.56 Å². The van der Waals surface area contributed by atoms with Gasteiger partial charge in [0, 0.05) is 35.8 Å². The molecule has 1 fully saturated rings. The van der Waals surface area contributed by atoms with Gasteiger partial charge in [-0.25, -0.2) is 9.37 Å². The molecule has 3 aromatic rings. The number of aryl methyl sites for hydroxylation is 1. The summed E-state index contributed by atoms with van der Waals surface area (Å²) in [4.78, 5) is 20.0. The summed E-state index contributed by atoms with van der Waals surface area (Å²) < 4.78 is 15.9. The Kier molecular flexibility index (Phi) is 6.23. The summed E-state index contributed by atoms with van der Waals surface area (Å²) in [5, 5.41) is 5.44. The molecule has 0 aliphatic heterocycles. The highest BCUT2D eigenvalue weighted by atomic mass is 35.5. The van der Waals surface area contributed by atoms with Crippen molar-refractivity contribution >= 4 is 27.9 Å². The summed E-state index contributed by atoms with van der Waals surface area (Å²) in [5.74, 6) is 0.748. The molecule has 5 nitrogen and oxygen atoms in total. The fraction of sp³-hybridized carbons (Fsp3) is 0.500. The molecule has 0 spiro atoms. The molecule has 0 bridgehead atoms. The zero-order valence-corrected chi connectivity index (χ0v) is 19.0. The maximum atomic E-state index is 14.6. The summed E-state index contributed by atoms with van der Waals surface area (Å²) >= 11 is 7.74. The topological polar surface area (TPSA) is 50.5 Å². The average Bonchev–Trinajstić information content (AvgIpc) is 3.07. The Morgan fingerprint density at radius 3 is 2.87 bits per heavy atom. The van der Waals surface area contributed by atoms with Crippen molar-refractivity contribution < 1.29 is 4.39 Å². The van der Waals surface area contributed by atoms with E-state index in [4.69, 9.17) is 11.6 Å². The molecule has 2 aromatic heterocycles. The minimum atomic E-state index is -0.300. The number of aromatic nitrogens is 3. The molecule has 0 amide bonds. The SMILES string of the molecule is Cc1nn2c(=O)cc(CN(Cc3c(F)cccc3Cl)[C@@H]3CCC[C@@H](C)[C@@H]3C)nc2s1. The van der Waals surface area contributed by atoms with Gasteiger partial charge in [0.2, 0.25) is 4.96 Å². The third-order valence-electron chi connectivity index (χ3n) is 6.32. The van der Waals surface area contributed by atoms with Gasteiger partial charge < -0.3 is 0 Å². The molecule has 30 heavy (non-hydrogen) atoms. The molecule has 4 rings (SSSR count). The molecule has 8 heteroatoms. The number of nitrogens with zero attached hydrogens (tertiary/aromatic N) is 4. The zero-order valence-electron chi connectivity index (χ0n) is 17.4. The lowest BCUT2D eigenvalue weighted by Crippen LogP contribution is -2.43. The monoisotopic (exact) mass is 448 g/mol. The first-order chi connectivity index (χ1) is 14.3. The maximum Gasteiger partial charge on any atom is 0.275 e. The van der Waals surface area contributed by atoms with E-state index in [1.165, 1.54) is 28.3 Å². The van der Waals surface area contributed by atoms with Crippen LogP contribution in [0.3, 0.4) is 0 Å². The first kappa shape index (κ1) is 21.4. The maximum absolute atomic E-state index is 14.6. The fourth-order valence-corrected chi connectivity index (χ4v) is 5.48. The van der Waals surface area contributed by atoms with Crippen LogP contribution in [0.25, 0.3) is 4.96 Å². The second kappa shape index (κ2) is 8.73. The third-order valence-corrected chi connectivity index (χ3v) is 7.50. The number of hydrogen-bond acceptors (Lipinski definition) is 5. The number of rotatable bonds is 5. The third kappa shape index (κ3) is 4.29. The smallest absolute Gasteiger partial charge is 0.275 e. The summed E-state index contributed by atoms with van der Waals surface area (Å²) in [6.07, 6.45) is 3.39. The Bertz CT molecular complexity index is 1090. The van der Waals surface area contributed by atoms with Crippen LogP contribution in [0, 0.1) is 24.6 Å². The Morgan fingerprint density at radius 2 is 2.10 bits per heavy atom. The molecule has 0 saturated heterocycles. The highest BCUT2D eigenvalue weighted by Crippen LogP contribution is 2.35. The van der Waals surface area contributed by atoms with Crippen molar-refractivity contribution in [1.29, 1.82) is 0 Å². The lowest BCUT2D eigenvalue weighted by atomic mass is 9.77. The molecule has 1 aliphatic carbocycles. The van der Waals surface area contributed by atoms with E-state index in [9.17, 15) is 9.18 Å². The highest BCUT2D eigenvalue weighted by molar-refractivity contribution is 7.16. The Labute approximate surface area is 184 Å². The lowest BCUT2D eigenvalue weighted by molar-refractivity contribution is 0.0668. The summed E-state index contributed by atoms with van der Waals surface area (Å²) in [5.41, 5.74) is 0.992. The number of halogens is 2. The van der Waals surface area contributed by atoms with E-state index >= 15 is 0 Å². The Morgan fingerprint density at radius 1 is 1.30 bits per heavy atom. The van der Waals surface area contributed by atoms with Gasteiger partial charge in [-0.3, -0.25) is 9.69 Å². The van der Waals surface area contributed by atoms with Crippen LogP contribution in [-0.2, 0) is 13.1 Å². The van der Waals surface area contributed by atoms with Gasteiger partial charge in [0.25, 0.3) is 5.56 Å². The van der Waals surface area contributed by atoms with Crippen LogP contribution in [-0.4, -0.2) is 25.5 Å². The molecule has 2 heterocycles.